The van der Waals surface area contributed by atoms with Crippen LogP contribution in [0.5, 0.6) is 11.5 Å². The average Bonchev–Trinajstić information content (AvgIpc) is 3.50. The smallest absolute Gasteiger partial charge is 0.404 e. The van der Waals surface area contributed by atoms with Gasteiger partial charge in [-0.2, -0.15) is 4.39 Å². The van der Waals surface area contributed by atoms with Crippen molar-refractivity contribution in [2.45, 2.75) is 63.1 Å². The summed E-state index contributed by atoms with van der Waals surface area (Å²) >= 11 is 0. The molecule has 1 saturated carbocycles. The van der Waals surface area contributed by atoms with Crippen molar-refractivity contribution in [2.75, 3.05) is 18.5 Å². The molecule has 2 unspecified atom stereocenters. The summed E-state index contributed by atoms with van der Waals surface area (Å²) in [5.41, 5.74) is 0.138. The first-order chi connectivity index (χ1) is 17.4. The summed E-state index contributed by atoms with van der Waals surface area (Å²) in [4.78, 5) is 13.4. The van der Waals surface area contributed by atoms with E-state index in [0.717, 1.165) is 6.92 Å². The van der Waals surface area contributed by atoms with Crippen molar-refractivity contribution in [3.8, 4) is 11.5 Å². The molecule has 10 heteroatoms. The molecule has 2 aliphatic rings. The van der Waals surface area contributed by atoms with Crippen molar-refractivity contribution >= 4 is 22.5 Å². The highest BCUT2D eigenvalue weighted by atomic mass is 19.2. The van der Waals surface area contributed by atoms with E-state index in [4.69, 9.17) is 9.47 Å². The van der Waals surface area contributed by atoms with Crippen molar-refractivity contribution in [1.82, 2.24) is 4.57 Å². The largest absolute Gasteiger partial charge is 0.423 e. The lowest BCUT2D eigenvalue weighted by molar-refractivity contribution is -0.173. The molecule has 5 rings (SSSR count). The molecular formula is C27H30F2N2O6. The zero-order valence-electron chi connectivity index (χ0n) is 20.8. The third kappa shape index (κ3) is 4.43. The minimum atomic E-state index is -2.27. The van der Waals surface area contributed by atoms with Gasteiger partial charge in [0.2, 0.25) is 5.91 Å². The highest BCUT2D eigenvalue weighted by molar-refractivity contribution is 6.02. The first-order valence-electron chi connectivity index (χ1n) is 12.1. The number of ether oxygens (including phenoxy) is 2. The predicted molar refractivity (Wildman–Crippen MR) is 132 cm³/mol. The molecule has 0 radical (unpaired) electrons. The van der Waals surface area contributed by atoms with Crippen molar-refractivity contribution < 1.29 is 38.4 Å². The number of carbonyl (C=O) groups excluding carboxylic acids is 1. The predicted octanol–water partition coefficient (Wildman–Crippen LogP) is 3.49. The summed E-state index contributed by atoms with van der Waals surface area (Å²) in [6.45, 7) is 4.13. The summed E-state index contributed by atoms with van der Waals surface area (Å²) in [5, 5.41) is 32.6. The Morgan fingerprint density at radius 1 is 1.16 bits per heavy atom. The molecule has 4 N–H and O–H groups in total. The van der Waals surface area contributed by atoms with Crippen LogP contribution in [-0.4, -0.2) is 51.2 Å². The SMILES string of the molecule is CC1(F)Oc2ccc(C3(C(=O)Nc4cc5cc(C(C)(C)CO)n(CC(O)CO)c5cc4F)CC3)cc2O1. The van der Waals surface area contributed by atoms with E-state index in [1.165, 1.54) is 12.1 Å². The second kappa shape index (κ2) is 8.68. The van der Waals surface area contributed by atoms with Crippen molar-refractivity contribution in [3.63, 3.8) is 0 Å². The van der Waals surface area contributed by atoms with Gasteiger partial charge in [0.25, 0.3) is 0 Å². The van der Waals surface area contributed by atoms with Crippen LogP contribution < -0.4 is 14.8 Å². The number of hydrogen-bond acceptors (Lipinski definition) is 6. The van der Waals surface area contributed by atoms with Gasteiger partial charge in [-0.05, 0) is 42.7 Å². The average molecular weight is 517 g/mol. The standard InChI is InChI=1S/C27H30F2N2O6/c1-25(2,14-33)23-9-15-8-19(18(28)11-20(15)31(23)12-17(34)13-32)30-24(35)27(6-7-27)16-4-5-21-22(10-16)37-26(3,29)36-21/h4-5,8-11,17,32-34H,6-7,12-14H2,1-3H3,(H,30,35). The fourth-order valence-corrected chi connectivity index (χ4v) is 4.88. The Bertz CT molecular complexity index is 1380. The number of amides is 1. The summed E-state index contributed by atoms with van der Waals surface area (Å²) in [7, 11) is 0. The molecule has 3 aromatic rings. The topological polar surface area (TPSA) is 113 Å². The maximum absolute atomic E-state index is 15.3. The van der Waals surface area contributed by atoms with Crippen LogP contribution in [0, 0.1) is 5.82 Å². The molecule has 1 aromatic heterocycles. The minimum Gasteiger partial charge on any atom is -0.423 e. The van der Waals surface area contributed by atoms with Crippen molar-refractivity contribution in [1.29, 1.82) is 0 Å². The third-order valence-electron chi connectivity index (χ3n) is 7.20. The number of anilines is 1. The van der Waals surface area contributed by atoms with Gasteiger partial charge in [-0.15, -0.1) is 0 Å². The number of benzene rings is 2. The van der Waals surface area contributed by atoms with E-state index in [2.05, 4.69) is 5.32 Å². The number of nitrogens with zero attached hydrogens (tertiary/aromatic N) is 1. The molecular weight excluding hydrogens is 486 g/mol. The van der Waals surface area contributed by atoms with E-state index in [1.807, 2.05) is 13.8 Å². The van der Waals surface area contributed by atoms with Crippen LogP contribution in [0.4, 0.5) is 14.5 Å². The fourth-order valence-electron chi connectivity index (χ4n) is 4.88. The minimum absolute atomic E-state index is 0.00550. The number of nitrogens with one attached hydrogen (secondary N) is 1. The normalized spacial score (nSPS) is 20.8. The van der Waals surface area contributed by atoms with Crippen LogP contribution in [0.2, 0.25) is 0 Å². The summed E-state index contributed by atoms with van der Waals surface area (Å²) in [6, 6.07) is 7.13. The summed E-state index contributed by atoms with van der Waals surface area (Å²) in [5.74, 6) is -0.598. The van der Waals surface area contributed by atoms with Gasteiger partial charge < -0.3 is 34.7 Å². The molecule has 1 aliphatic heterocycles. The molecule has 2 heterocycles. The van der Waals surface area contributed by atoms with Gasteiger partial charge in [0.05, 0.1) is 42.5 Å². The van der Waals surface area contributed by atoms with Crippen LogP contribution in [0.25, 0.3) is 10.9 Å². The quantitative estimate of drug-likeness (QED) is 0.365. The van der Waals surface area contributed by atoms with E-state index in [-0.39, 0.29) is 30.3 Å². The van der Waals surface area contributed by atoms with Crippen LogP contribution in [0.15, 0.2) is 36.4 Å². The number of rotatable bonds is 8. The Labute approximate surface area is 212 Å². The lowest BCUT2D eigenvalue weighted by Crippen LogP contribution is -2.29. The van der Waals surface area contributed by atoms with Gasteiger partial charge in [0, 0.05) is 29.5 Å². The molecule has 2 aromatic carbocycles. The monoisotopic (exact) mass is 516 g/mol. The second-order valence-corrected chi connectivity index (χ2v) is 10.6. The van der Waals surface area contributed by atoms with Gasteiger partial charge in [-0.25, -0.2) is 4.39 Å². The van der Waals surface area contributed by atoms with Gasteiger partial charge in [-0.3, -0.25) is 4.79 Å². The number of halogens is 2. The Morgan fingerprint density at radius 3 is 2.51 bits per heavy atom. The van der Waals surface area contributed by atoms with Gasteiger partial charge in [0.15, 0.2) is 11.5 Å². The molecule has 2 atom stereocenters. The molecule has 8 nitrogen and oxygen atoms in total. The Morgan fingerprint density at radius 2 is 1.86 bits per heavy atom. The lowest BCUT2D eigenvalue weighted by atomic mass is 9.90. The zero-order chi connectivity index (χ0) is 26.8. The molecule has 0 saturated heterocycles. The fraction of sp³-hybridized carbons (Fsp3) is 0.444. The molecule has 0 bridgehead atoms. The second-order valence-electron chi connectivity index (χ2n) is 10.6. The van der Waals surface area contributed by atoms with Crippen LogP contribution in [0.1, 0.15) is 44.9 Å². The number of hydrogen-bond donors (Lipinski definition) is 4. The molecule has 1 amide bonds. The number of aliphatic hydroxyl groups is 3. The molecule has 1 fully saturated rings. The molecule has 198 valence electrons. The number of fused-ring (bicyclic) bond motifs is 2. The Balaban J connectivity index is 1.46. The maximum Gasteiger partial charge on any atom is 0.404 e. The van der Waals surface area contributed by atoms with Crippen molar-refractivity contribution in [3.05, 3.63) is 53.5 Å². The third-order valence-corrected chi connectivity index (χ3v) is 7.20. The van der Waals surface area contributed by atoms with E-state index in [1.54, 1.807) is 28.8 Å². The maximum atomic E-state index is 15.3. The number of aliphatic hydroxyl groups excluding tert-OH is 3. The first-order valence-corrected chi connectivity index (χ1v) is 12.1. The molecule has 0 spiro atoms. The van der Waals surface area contributed by atoms with Crippen LogP contribution >= 0.6 is 0 Å². The molecule has 37 heavy (non-hydrogen) atoms. The summed E-state index contributed by atoms with van der Waals surface area (Å²) in [6.07, 6.45) is 0.0110. The van der Waals surface area contributed by atoms with Crippen LogP contribution in [-0.2, 0) is 22.2 Å². The Hall–Kier alpha value is -3.21. The van der Waals surface area contributed by atoms with Gasteiger partial charge in [0.1, 0.15) is 5.82 Å². The van der Waals surface area contributed by atoms with Crippen LogP contribution in [0.3, 0.4) is 0 Å². The van der Waals surface area contributed by atoms with E-state index in [9.17, 15) is 24.5 Å². The highest BCUT2D eigenvalue weighted by Crippen LogP contribution is 2.52. The zero-order valence-corrected chi connectivity index (χ0v) is 20.8. The first kappa shape index (κ1) is 25.4. The molecule has 1 aliphatic carbocycles. The lowest BCUT2D eigenvalue weighted by Gasteiger charge is -2.25. The summed E-state index contributed by atoms with van der Waals surface area (Å²) < 4.78 is 41.3. The van der Waals surface area contributed by atoms with Gasteiger partial charge >= 0.3 is 6.04 Å². The van der Waals surface area contributed by atoms with Gasteiger partial charge in [-0.1, -0.05) is 19.9 Å². The number of aromatic nitrogens is 1. The number of alkyl halides is 1. The highest BCUT2D eigenvalue weighted by Gasteiger charge is 2.52. The van der Waals surface area contributed by atoms with E-state index >= 15 is 4.39 Å². The van der Waals surface area contributed by atoms with Crippen molar-refractivity contribution in [2.24, 2.45) is 0 Å². The van der Waals surface area contributed by atoms with E-state index < -0.39 is 41.3 Å². The number of carbonyl (C=O) groups is 1. The Kier molecular flexibility index (Phi) is 5.97. The van der Waals surface area contributed by atoms with E-state index in [0.29, 0.717) is 35.0 Å².